The standard InChI is InChI=1S/C10H13N3O3S/c1-7-12-10(17(14,15)11-2)9-6-8(16-3)4-5-13(7)9/h4-6,11H,1-3H3. The van der Waals surface area contributed by atoms with Gasteiger partial charge in [-0.1, -0.05) is 0 Å². The molecule has 0 aromatic carbocycles. The third-order valence-electron chi connectivity index (χ3n) is 2.52. The summed E-state index contributed by atoms with van der Waals surface area (Å²) in [6.07, 6.45) is 1.73. The number of ether oxygens (including phenoxy) is 1. The number of methoxy groups -OCH3 is 1. The Balaban J connectivity index is 2.81. The van der Waals surface area contributed by atoms with Crippen LogP contribution in [0.5, 0.6) is 5.75 Å². The van der Waals surface area contributed by atoms with E-state index in [1.807, 2.05) is 0 Å². The predicted molar refractivity (Wildman–Crippen MR) is 62.7 cm³/mol. The molecule has 1 N–H and O–H groups in total. The van der Waals surface area contributed by atoms with Gasteiger partial charge in [0.25, 0.3) is 10.0 Å². The van der Waals surface area contributed by atoms with Crippen LogP contribution in [0.2, 0.25) is 0 Å². The van der Waals surface area contributed by atoms with Crippen molar-refractivity contribution in [2.45, 2.75) is 11.9 Å². The van der Waals surface area contributed by atoms with Crippen molar-refractivity contribution in [3.63, 3.8) is 0 Å². The predicted octanol–water partition coefficient (Wildman–Crippen LogP) is 0.559. The van der Waals surface area contributed by atoms with E-state index in [4.69, 9.17) is 4.74 Å². The van der Waals surface area contributed by atoms with Gasteiger partial charge in [0.05, 0.1) is 12.6 Å². The van der Waals surface area contributed by atoms with Crippen LogP contribution in [0, 0.1) is 6.92 Å². The first-order valence-electron chi connectivity index (χ1n) is 4.96. The summed E-state index contributed by atoms with van der Waals surface area (Å²) in [4.78, 5) is 4.06. The molecule has 92 valence electrons. The second-order valence-electron chi connectivity index (χ2n) is 3.49. The van der Waals surface area contributed by atoms with Crippen molar-refractivity contribution in [1.29, 1.82) is 0 Å². The molecule has 0 atom stereocenters. The van der Waals surface area contributed by atoms with Crippen LogP contribution >= 0.6 is 0 Å². The van der Waals surface area contributed by atoms with E-state index in [1.54, 1.807) is 29.7 Å². The number of rotatable bonds is 3. The van der Waals surface area contributed by atoms with Gasteiger partial charge in [-0.25, -0.2) is 18.1 Å². The number of sulfonamides is 1. The highest BCUT2D eigenvalue weighted by molar-refractivity contribution is 7.89. The Hall–Kier alpha value is -1.60. The minimum Gasteiger partial charge on any atom is -0.497 e. The van der Waals surface area contributed by atoms with E-state index in [-0.39, 0.29) is 5.03 Å². The summed E-state index contributed by atoms with van der Waals surface area (Å²) in [6.45, 7) is 1.74. The number of aryl methyl sites for hydroxylation is 1. The number of aromatic nitrogens is 2. The topological polar surface area (TPSA) is 72.7 Å². The lowest BCUT2D eigenvalue weighted by Gasteiger charge is -2.02. The van der Waals surface area contributed by atoms with Crippen LogP contribution in [0.4, 0.5) is 0 Å². The zero-order chi connectivity index (χ0) is 12.6. The maximum absolute atomic E-state index is 11.8. The molecule has 7 heteroatoms. The zero-order valence-electron chi connectivity index (χ0n) is 9.76. The molecule has 0 spiro atoms. The monoisotopic (exact) mass is 255 g/mol. The normalized spacial score (nSPS) is 11.9. The first kappa shape index (κ1) is 11.9. The summed E-state index contributed by atoms with van der Waals surface area (Å²) in [6, 6.07) is 3.39. The van der Waals surface area contributed by atoms with Crippen LogP contribution in [-0.2, 0) is 10.0 Å². The Labute approximate surface area is 99.3 Å². The molecule has 0 aliphatic carbocycles. The van der Waals surface area contributed by atoms with E-state index in [0.717, 1.165) is 0 Å². The number of hydrogen-bond acceptors (Lipinski definition) is 4. The molecule has 2 aromatic heterocycles. The molecule has 0 aliphatic heterocycles. The van der Waals surface area contributed by atoms with Crippen LogP contribution in [-0.4, -0.2) is 32.0 Å². The smallest absolute Gasteiger partial charge is 0.259 e. The summed E-state index contributed by atoms with van der Waals surface area (Å²) >= 11 is 0. The molecule has 0 saturated carbocycles. The lowest BCUT2D eigenvalue weighted by Crippen LogP contribution is -2.19. The number of nitrogens with zero attached hydrogens (tertiary/aromatic N) is 2. The van der Waals surface area contributed by atoms with Crippen molar-refractivity contribution in [3.05, 3.63) is 24.2 Å². The molecule has 0 amide bonds. The second kappa shape index (κ2) is 4.01. The average Bonchev–Trinajstić information content (AvgIpc) is 2.67. The number of pyridine rings is 1. The minimum atomic E-state index is -3.57. The van der Waals surface area contributed by atoms with Crippen LogP contribution in [0.25, 0.3) is 5.52 Å². The van der Waals surface area contributed by atoms with Gasteiger partial charge in [-0.15, -0.1) is 0 Å². The van der Waals surface area contributed by atoms with Crippen molar-refractivity contribution in [2.75, 3.05) is 14.2 Å². The molecule has 0 saturated heterocycles. The molecule has 0 fully saturated rings. The van der Waals surface area contributed by atoms with E-state index in [0.29, 0.717) is 17.1 Å². The third-order valence-corrected chi connectivity index (χ3v) is 3.86. The van der Waals surface area contributed by atoms with E-state index in [2.05, 4.69) is 9.71 Å². The lowest BCUT2D eigenvalue weighted by molar-refractivity contribution is 0.414. The molecule has 0 bridgehead atoms. The van der Waals surface area contributed by atoms with Gasteiger partial charge < -0.3 is 9.14 Å². The Kier molecular flexibility index (Phi) is 2.80. The fourth-order valence-electron chi connectivity index (χ4n) is 1.61. The van der Waals surface area contributed by atoms with Crippen molar-refractivity contribution >= 4 is 15.5 Å². The largest absolute Gasteiger partial charge is 0.497 e. The SMILES string of the molecule is CNS(=O)(=O)c1nc(C)n2ccc(OC)cc12. The van der Waals surface area contributed by atoms with Crippen LogP contribution in [0.3, 0.4) is 0 Å². The number of imidazole rings is 1. The van der Waals surface area contributed by atoms with Gasteiger partial charge in [0, 0.05) is 12.3 Å². The molecule has 0 radical (unpaired) electrons. The fraction of sp³-hybridized carbons (Fsp3) is 0.300. The molecular formula is C10H13N3O3S. The van der Waals surface area contributed by atoms with E-state index >= 15 is 0 Å². The fourth-order valence-corrected chi connectivity index (χ4v) is 2.49. The molecule has 6 nitrogen and oxygen atoms in total. The highest BCUT2D eigenvalue weighted by atomic mass is 32.2. The number of fused-ring (bicyclic) bond motifs is 1. The summed E-state index contributed by atoms with van der Waals surface area (Å²) in [5, 5.41) is 0.0106. The van der Waals surface area contributed by atoms with Crippen LogP contribution in [0.1, 0.15) is 5.82 Å². The maximum Gasteiger partial charge on any atom is 0.259 e. The molecule has 2 heterocycles. The summed E-state index contributed by atoms with van der Waals surface area (Å²) in [5.74, 6) is 1.20. The van der Waals surface area contributed by atoms with E-state index in [9.17, 15) is 8.42 Å². The lowest BCUT2D eigenvalue weighted by atomic mass is 10.4. The van der Waals surface area contributed by atoms with Gasteiger partial charge in [0.2, 0.25) is 0 Å². The van der Waals surface area contributed by atoms with E-state index in [1.165, 1.54) is 14.2 Å². The Morgan fingerprint density at radius 3 is 2.76 bits per heavy atom. The maximum atomic E-state index is 11.8. The molecule has 17 heavy (non-hydrogen) atoms. The molecule has 0 unspecified atom stereocenters. The first-order chi connectivity index (χ1) is 7.99. The Morgan fingerprint density at radius 2 is 2.18 bits per heavy atom. The summed E-state index contributed by atoms with van der Waals surface area (Å²) in [7, 11) is -0.680. The number of nitrogens with one attached hydrogen (secondary N) is 1. The van der Waals surface area contributed by atoms with Crippen LogP contribution < -0.4 is 9.46 Å². The molecule has 2 aromatic rings. The summed E-state index contributed by atoms with van der Waals surface area (Å²) < 4.78 is 32.6. The van der Waals surface area contributed by atoms with Gasteiger partial charge in [-0.3, -0.25) is 0 Å². The highest BCUT2D eigenvalue weighted by Gasteiger charge is 2.20. The van der Waals surface area contributed by atoms with Gasteiger partial charge in [-0.2, -0.15) is 0 Å². The zero-order valence-corrected chi connectivity index (χ0v) is 10.6. The van der Waals surface area contributed by atoms with Gasteiger partial charge in [-0.05, 0) is 20.0 Å². The second-order valence-corrected chi connectivity index (χ2v) is 5.30. The van der Waals surface area contributed by atoms with Crippen LogP contribution in [0.15, 0.2) is 23.4 Å². The average molecular weight is 255 g/mol. The van der Waals surface area contributed by atoms with Crippen molar-refractivity contribution in [2.24, 2.45) is 0 Å². The van der Waals surface area contributed by atoms with Gasteiger partial charge in [0.1, 0.15) is 11.6 Å². The van der Waals surface area contributed by atoms with E-state index < -0.39 is 10.0 Å². The van der Waals surface area contributed by atoms with Gasteiger partial charge in [0.15, 0.2) is 5.03 Å². The molecule has 0 aliphatic rings. The highest BCUT2D eigenvalue weighted by Crippen LogP contribution is 2.22. The molecular weight excluding hydrogens is 242 g/mol. The minimum absolute atomic E-state index is 0.0106. The van der Waals surface area contributed by atoms with Gasteiger partial charge >= 0.3 is 0 Å². The molecule has 2 rings (SSSR count). The quantitative estimate of drug-likeness (QED) is 0.869. The van der Waals surface area contributed by atoms with Crippen molar-refractivity contribution in [1.82, 2.24) is 14.1 Å². The third kappa shape index (κ3) is 1.87. The van der Waals surface area contributed by atoms with Crippen molar-refractivity contribution in [3.8, 4) is 5.75 Å². The first-order valence-corrected chi connectivity index (χ1v) is 6.44. The summed E-state index contributed by atoms with van der Waals surface area (Å²) in [5.41, 5.74) is 0.496. The van der Waals surface area contributed by atoms with Crippen molar-refractivity contribution < 1.29 is 13.2 Å². The Bertz CT molecular complexity index is 661. The number of hydrogen-bond donors (Lipinski definition) is 1. The Morgan fingerprint density at radius 1 is 1.47 bits per heavy atom.